The summed E-state index contributed by atoms with van der Waals surface area (Å²) in [6.45, 7) is 5.96. The number of aromatic carboxylic acids is 2. The highest BCUT2D eigenvalue weighted by Crippen LogP contribution is 2.50. The quantitative estimate of drug-likeness (QED) is 0.120. The van der Waals surface area contributed by atoms with Crippen LogP contribution in [0.5, 0.6) is 0 Å². The van der Waals surface area contributed by atoms with Crippen molar-refractivity contribution in [2.24, 2.45) is 0 Å². The fourth-order valence-corrected chi connectivity index (χ4v) is 10.9. The van der Waals surface area contributed by atoms with E-state index in [1.54, 1.807) is 23.5 Å². The molecule has 0 radical (unpaired) electrons. The fraction of sp³-hybridized carbons (Fsp3) is 0.179. The van der Waals surface area contributed by atoms with E-state index in [1.807, 2.05) is 24.3 Å². The SMILES string of the molecule is CCC[C@@]([NH3+])(CN1c2ccccc2Sc2ccc(C#N)cc21)c1ccccc1.CCC[C@@]([NH3+])(CN1c2ccccc2Sc2ccc(C#N)cc21)c1ccccc1.O=C([O-])c1ccccc1C(=O)[O-]. The van der Waals surface area contributed by atoms with Crippen LogP contribution in [-0.2, 0) is 11.1 Å². The van der Waals surface area contributed by atoms with Gasteiger partial charge in [-0.05, 0) is 73.5 Å². The number of fused-ring (bicyclic) bond motifs is 4. The van der Waals surface area contributed by atoms with Gasteiger partial charge in [-0.3, -0.25) is 0 Å². The summed E-state index contributed by atoms with van der Waals surface area (Å²) in [7, 11) is 0. The number of carbonyl (C=O) groups is 2. The number of hydrogen-bond acceptors (Lipinski definition) is 10. The molecule has 0 aromatic heterocycles. The summed E-state index contributed by atoms with van der Waals surface area (Å²) in [6.07, 6.45) is 4.12. The molecule has 9 rings (SSSR count). The van der Waals surface area contributed by atoms with Crippen molar-refractivity contribution in [2.45, 2.75) is 70.2 Å². The lowest BCUT2D eigenvalue weighted by atomic mass is 9.85. The molecule has 0 fully saturated rings. The lowest BCUT2D eigenvalue weighted by Crippen LogP contribution is -2.73. The van der Waals surface area contributed by atoms with E-state index in [4.69, 9.17) is 11.5 Å². The summed E-state index contributed by atoms with van der Waals surface area (Å²) < 4.78 is 0. The third-order valence-corrected chi connectivity index (χ3v) is 14.3. The molecular weight excluding hydrogens is 885 g/mol. The minimum atomic E-state index is -1.52. The van der Waals surface area contributed by atoms with E-state index in [-0.39, 0.29) is 22.2 Å². The number of para-hydroxylation sites is 2. The number of carboxylic acid groups (broad SMARTS) is 2. The predicted octanol–water partition coefficient (Wildman–Crippen LogP) is 8.61. The van der Waals surface area contributed by atoms with Crippen LogP contribution in [0.2, 0.25) is 0 Å². The van der Waals surface area contributed by atoms with Gasteiger partial charge in [-0.25, -0.2) is 0 Å². The van der Waals surface area contributed by atoms with Crippen LogP contribution >= 0.6 is 23.5 Å². The molecule has 0 unspecified atom stereocenters. The van der Waals surface area contributed by atoms with E-state index in [0.717, 1.165) is 62.3 Å². The molecule has 0 saturated carbocycles. The molecule has 0 amide bonds. The van der Waals surface area contributed by atoms with Crippen LogP contribution in [0, 0.1) is 22.7 Å². The maximum atomic E-state index is 10.3. The number of rotatable bonds is 12. The Bertz CT molecular complexity index is 2790. The van der Waals surface area contributed by atoms with Crippen molar-refractivity contribution in [3.63, 3.8) is 0 Å². The molecule has 2 heterocycles. The summed E-state index contributed by atoms with van der Waals surface area (Å²) in [6, 6.07) is 59.9. The zero-order valence-corrected chi connectivity index (χ0v) is 39.7. The first kappa shape index (κ1) is 48.6. The van der Waals surface area contributed by atoms with Gasteiger partial charge in [-0.2, -0.15) is 10.5 Å². The van der Waals surface area contributed by atoms with E-state index in [1.165, 1.54) is 54.2 Å². The first-order valence-electron chi connectivity index (χ1n) is 22.4. The molecule has 0 bridgehead atoms. The van der Waals surface area contributed by atoms with Crippen LogP contribution in [0.1, 0.15) is 82.5 Å². The first-order valence-corrected chi connectivity index (χ1v) is 24.1. The van der Waals surface area contributed by atoms with Crippen molar-refractivity contribution < 1.29 is 31.3 Å². The van der Waals surface area contributed by atoms with Gasteiger partial charge in [0, 0.05) is 54.7 Å². The van der Waals surface area contributed by atoms with Gasteiger partial charge in [0.25, 0.3) is 0 Å². The third-order valence-electron chi connectivity index (χ3n) is 12.0. The average Bonchev–Trinajstić information content (AvgIpc) is 3.37. The lowest BCUT2D eigenvalue weighted by Gasteiger charge is -2.38. The first-order chi connectivity index (χ1) is 32.9. The maximum absolute atomic E-state index is 10.3. The summed E-state index contributed by atoms with van der Waals surface area (Å²) >= 11 is 3.54. The van der Waals surface area contributed by atoms with Crippen molar-refractivity contribution in [2.75, 3.05) is 22.9 Å². The topological polar surface area (TPSA) is 190 Å². The molecule has 0 spiro atoms. The normalized spacial score (nSPS) is 13.6. The highest BCUT2D eigenvalue weighted by Gasteiger charge is 2.38. The van der Waals surface area contributed by atoms with Gasteiger partial charge in [-0.15, -0.1) is 0 Å². The number of nitrogens with zero attached hydrogens (tertiary/aromatic N) is 4. The van der Waals surface area contributed by atoms with E-state index < -0.39 is 11.9 Å². The number of quaternary nitrogens is 2. The van der Waals surface area contributed by atoms with Gasteiger partial charge >= 0.3 is 0 Å². The highest BCUT2D eigenvalue weighted by molar-refractivity contribution is 8.00. The molecule has 2 aliphatic rings. The van der Waals surface area contributed by atoms with Crippen LogP contribution in [0.3, 0.4) is 0 Å². The molecule has 2 atom stereocenters. The summed E-state index contributed by atoms with van der Waals surface area (Å²) in [5, 5.41) is 39.5. The lowest BCUT2D eigenvalue weighted by molar-refractivity contribution is -0.486. The molecular formula is C56H52N6O4S2. The van der Waals surface area contributed by atoms with Crippen molar-refractivity contribution in [3.8, 4) is 12.1 Å². The van der Waals surface area contributed by atoms with E-state index in [0.29, 0.717) is 11.1 Å². The second-order valence-electron chi connectivity index (χ2n) is 16.8. The number of carbonyl (C=O) groups excluding carboxylic acids is 2. The number of anilines is 4. The zero-order valence-electron chi connectivity index (χ0n) is 38.1. The van der Waals surface area contributed by atoms with Crippen molar-refractivity contribution >= 4 is 58.2 Å². The minimum absolute atomic E-state index is 0.231. The molecule has 2 aliphatic heterocycles. The van der Waals surface area contributed by atoms with E-state index in [9.17, 15) is 30.3 Å². The van der Waals surface area contributed by atoms with Gasteiger partial charge in [0.15, 0.2) is 0 Å². The Morgan fingerprint density at radius 1 is 0.500 bits per heavy atom. The Morgan fingerprint density at radius 3 is 1.19 bits per heavy atom. The Kier molecular flexibility index (Phi) is 15.7. The van der Waals surface area contributed by atoms with E-state index >= 15 is 0 Å². The molecule has 7 aromatic carbocycles. The molecule has 342 valence electrons. The molecule has 0 saturated heterocycles. The summed E-state index contributed by atoms with van der Waals surface area (Å²) in [5.74, 6) is -3.04. The largest absolute Gasteiger partial charge is 0.545 e. The second-order valence-corrected chi connectivity index (χ2v) is 19.0. The second kappa shape index (κ2) is 22.0. The van der Waals surface area contributed by atoms with Crippen LogP contribution in [0.15, 0.2) is 189 Å². The van der Waals surface area contributed by atoms with Crippen LogP contribution in [-0.4, -0.2) is 25.0 Å². The Labute approximate surface area is 406 Å². The summed E-state index contributed by atoms with van der Waals surface area (Å²) in [5.41, 5.74) is 16.7. The zero-order chi connectivity index (χ0) is 48.3. The van der Waals surface area contributed by atoms with Crippen molar-refractivity contribution in [3.05, 3.63) is 203 Å². The number of hydrogen-bond donors (Lipinski definition) is 2. The van der Waals surface area contributed by atoms with Gasteiger partial charge in [0.05, 0.1) is 71.0 Å². The maximum Gasteiger partial charge on any atom is 0.138 e. The molecule has 6 N–H and O–H groups in total. The number of carboxylic acids is 2. The number of benzene rings is 7. The monoisotopic (exact) mass is 936 g/mol. The average molecular weight is 937 g/mol. The van der Waals surface area contributed by atoms with Gasteiger partial charge in [-0.1, -0.05) is 147 Å². The summed E-state index contributed by atoms with van der Waals surface area (Å²) in [4.78, 5) is 30.2. The van der Waals surface area contributed by atoms with Crippen LogP contribution in [0.4, 0.5) is 22.7 Å². The predicted molar refractivity (Wildman–Crippen MR) is 264 cm³/mol. The molecule has 0 aliphatic carbocycles. The molecule has 12 heteroatoms. The standard InChI is InChI=1S/2C24H23N3S.C8H6O4/c2*1-2-14-24(26,19-8-4-3-5-9-19)17-27-20-10-6-7-11-22(20)28-23-13-12-18(16-25)15-21(23)27;9-7(10)5-3-1-2-4-6(5)8(11)12/h2*3-13,15H,2,14,17,26H2,1H3;1-4H,(H,9,10)(H,11,12)/t2*24-;/m11./s1. The fourth-order valence-electron chi connectivity index (χ4n) is 8.75. The highest BCUT2D eigenvalue weighted by atomic mass is 32.2. The van der Waals surface area contributed by atoms with Gasteiger partial charge in [0.2, 0.25) is 0 Å². The molecule has 68 heavy (non-hydrogen) atoms. The van der Waals surface area contributed by atoms with Crippen molar-refractivity contribution in [1.29, 1.82) is 10.5 Å². The van der Waals surface area contributed by atoms with Gasteiger partial charge in [0.1, 0.15) is 11.1 Å². The van der Waals surface area contributed by atoms with Crippen LogP contribution < -0.4 is 31.5 Å². The van der Waals surface area contributed by atoms with Crippen LogP contribution in [0.25, 0.3) is 0 Å². The molecule has 7 aromatic rings. The minimum Gasteiger partial charge on any atom is -0.545 e. The Balaban J connectivity index is 0.000000163. The smallest absolute Gasteiger partial charge is 0.138 e. The molecule has 10 nitrogen and oxygen atoms in total. The van der Waals surface area contributed by atoms with Crippen molar-refractivity contribution in [1.82, 2.24) is 0 Å². The number of nitriles is 2. The van der Waals surface area contributed by atoms with E-state index in [2.05, 4.69) is 157 Å². The Morgan fingerprint density at radius 2 is 0.838 bits per heavy atom. The Hall–Kier alpha value is -7.32. The van der Waals surface area contributed by atoms with Gasteiger partial charge < -0.3 is 41.1 Å². The third kappa shape index (κ3) is 10.9.